The van der Waals surface area contributed by atoms with Gasteiger partial charge in [0.25, 0.3) is 0 Å². The fourth-order valence-electron chi connectivity index (χ4n) is 2.24. The molecular formula is C18H12BrNO2. The van der Waals surface area contributed by atoms with Crippen LogP contribution in [0.1, 0.15) is 21.6 Å². The summed E-state index contributed by atoms with van der Waals surface area (Å²) in [5, 5.41) is 9.83. The van der Waals surface area contributed by atoms with Gasteiger partial charge in [0, 0.05) is 9.86 Å². The Balaban J connectivity index is 2.00. The van der Waals surface area contributed by atoms with Crippen molar-refractivity contribution in [3.05, 3.63) is 75.9 Å². The molecule has 0 aliphatic carbocycles. The lowest BCUT2D eigenvalue weighted by Crippen LogP contribution is -1.98. The molecule has 0 radical (unpaired) electrons. The molecule has 2 aromatic carbocycles. The van der Waals surface area contributed by atoms with Gasteiger partial charge in [0.05, 0.1) is 16.8 Å². The highest BCUT2D eigenvalue weighted by atomic mass is 79.9. The van der Waals surface area contributed by atoms with Gasteiger partial charge in [-0.25, -0.2) is 9.78 Å². The number of halogens is 1. The average Bonchev–Trinajstić information content (AvgIpc) is 2.53. The van der Waals surface area contributed by atoms with Gasteiger partial charge in [-0.3, -0.25) is 0 Å². The topological polar surface area (TPSA) is 50.2 Å². The van der Waals surface area contributed by atoms with Crippen LogP contribution in [0.5, 0.6) is 0 Å². The lowest BCUT2D eigenvalue weighted by molar-refractivity contribution is 0.0699. The SMILES string of the molecule is O=C(O)c1cccc2nc(C=Cc3ccccc3Br)ccc12. The maximum absolute atomic E-state index is 11.2. The molecule has 0 bridgehead atoms. The van der Waals surface area contributed by atoms with Gasteiger partial charge >= 0.3 is 5.97 Å². The van der Waals surface area contributed by atoms with E-state index in [9.17, 15) is 9.90 Å². The molecule has 0 saturated carbocycles. The first kappa shape index (κ1) is 14.5. The highest BCUT2D eigenvalue weighted by Gasteiger charge is 2.08. The van der Waals surface area contributed by atoms with Crippen LogP contribution in [0.3, 0.4) is 0 Å². The van der Waals surface area contributed by atoms with Crippen LogP contribution in [-0.2, 0) is 0 Å². The number of carboxylic acids is 1. The van der Waals surface area contributed by atoms with Crippen LogP contribution in [-0.4, -0.2) is 16.1 Å². The summed E-state index contributed by atoms with van der Waals surface area (Å²) in [5.74, 6) is -0.941. The Morgan fingerprint density at radius 2 is 1.82 bits per heavy atom. The highest BCUT2D eigenvalue weighted by molar-refractivity contribution is 9.10. The van der Waals surface area contributed by atoms with E-state index in [0.717, 1.165) is 15.7 Å². The van der Waals surface area contributed by atoms with E-state index in [1.54, 1.807) is 18.2 Å². The zero-order chi connectivity index (χ0) is 15.5. The smallest absolute Gasteiger partial charge is 0.336 e. The second-order valence-corrected chi connectivity index (χ2v) is 5.62. The monoisotopic (exact) mass is 353 g/mol. The fourth-order valence-corrected chi connectivity index (χ4v) is 2.65. The van der Waals surface area contributed by atoms with Crippen molar-refractivity contribution < 1.29 is 9.90 Å². The predicted molar refractivity (Wildman–Crippen MR) is 91.8 cm³/mol. The Kier molecular flexibility index (Phi) is 4.02. The van der Waals surface area contributed by atoms with Gasteiger partial charge in [0.15, 0.2) is 0 Å². The van der Waals surface area contributed by atoms with Gasteiger partial charge < -0.3 is 5.11 Å². The van der Waals surface area contributed by atoms with Gasteiger partial charge in [0.1, 0.15) is 0 Å². The average molecular weight is 354 g/mol. The third-order valence-corrected chi connectivity index (χ3v) is 4.04. The highest BCUT2D eigenvalue weighted by Crippen LogP contribution is 2.21. The number of carboxylic acid groups (broad SMARTS) is 1. The van der Waals surface area contributed by atoms with Crippen LogP contribution in [0.2, 0.25) is 0 Å². The van der Waals surface area contributed by atoms with E-state index in [2.05, 4.69) is 20.9 Å². The minimum atomic E-state index is -0.941. The molecule has 0 unspecified atom stereocenters. The molecule has 3 rings (SSSR count). The molecule has 0 saturated heterocycles. The number of aromatic carboxylic acids is 1. The normalized spacial score (nSPS) is 11.1. The largest absolute Gasteiger partial charge is 0.478 e. The van der Waals surface area contributed by atoms with Gasteiger partial charge in [-0.1, -0.05) is 46.3 Å². The van der Waals surface area contributed by atoms with Crippen LogP contribution in [0.15, 0.2) is 59.1 Å². The molecule has 0 spiro atoms. The van der Waals surface area contributed by atoms with E-state index in [-0.39, 0.29) is 5.56 Å². The van der Waals surface area contributed by atoms with E-state index >= 15 is 0 Å². The predicted octanol–water partition coefficient (Wildman–Crippen LogP) is 4.87. The lowest BCUT2D eigenvalue weighted by Gasteiger charge is -2.03. The number of fused-ring (bicyclic) bond motifs is 1. The maximum atomic E-state index is 11.2. The molecule has 0 aliphatic rings. The van der Waals surface area contributed by atoms with Gasteiger partial charge in [0.2, 0.25) is 0 Å². The summed E-state index contributed by atoms with van der Waals surface area (Å²) in [6, 6.07) is 16.6. The second kappa shape index (κ2) is 6.12. The molecule has 0 aliphatic heterocycles. The minimum absolute atomic E-state index is 0.270. The molecule has 1 heterocycles. The number of benzene rings is 2. The van der Waals surface area contributed by atoms with Crippen LogP contribution in [0.25, 0.3) is 23.1 Å². The molecule has 3 nitrogen and oxygen atoms in total. The van der Waals surface area contributed by atoms with Gasteiger partial charge in [-0.15, -0.1) is 0 Å². The summed E-state index contributed by atoms with van der Waals surface area (Å²) >= 11 is 3.50. The third-order valence-electron chi connectivity index (χ3n) is 3.32. The Bertz CT molecular complexity index is 887. The molecule has 3 aromatic rings. The van der Waals surface area contributed by atoms with Crippen LogP contribution < -0.4 is 0 Å². The zero-order valence-corrected chi connectivity index (χ0v) is 13.1. The van der Waals surface area contributed by atoms with Crippen LogP contribution in [0, 0.1) is 0 Å². The summed E-state index contributed by atoms with van der Waals surface area (Å²) in [5.41, 5.74) is 2.79. The molecule has 108 valence electrons. The summed E-state index contributed by atoms with van der Waals surface area (Å²) in [6.45, 7) is 0. The molecule has 22 heavy (non-hydrogen) atoms. The molecule has 1 aromatic heterocycles. The fraction of sp³-hybridized carbons (Fsp3) is 0. The summed E-state index contributed by atoms with van der Waals surface area (Å²) in [6.07, 6.45) is 3.88. The maximum Gasteiger partial charge on any atom is 0.336 e. The summed E-state index contributed by atoms with van der Waals surface area (Å²) < 4.78 is 1.01. The number of hydrogen-bond acceptors (Lipinski definition) is 2. The Morgan fingerprint density at radius 3 is 2.59 bits per heavy atom. The number of aromatic nitrogens is 1. The first-order valence-corrected chi connectivity index (χ1v) is 7.50. The van der Waals surface area contributed by atoms with Gasteiger partial charge in [-0.05, 0) is 42.0 Å². The number of hydrogen-bond donors (Lipinski definition) is 1. The standard InChI is InChI=1S/C18H12BrNO2/c19-16-6-2-1-4-12(16)8-9-13-10-11-14-15(18(21)22)5-3-7-17(14)20-13/h1-11H,(H,21,22). The summed E-state index contributed by atoms with van der Waals surface area (Å²) in [7, 11) is 0. The van der Waals surface area contributed by atoms with Gasteiger partial charge in [-0.2, -0.15) is 0 Å². The number of rotatable bonds is 3. The Labute approximate surface area is 136 Å². The molecule has 0 fully saturated rings. The second-order valence-electron chi connectivity index (χ2n) is 4.77. The molecular weight excluding hydrogens is 342 g/mol. The number of nitrogens with zero attached hydrogens (tertiary/aromatic N) is 1. The first-order chi connectivity index (χ1) is 10.6. The number of pyridine rings is 1. The van der Waals surface area contributed by atoms with E-state index in [1.165, 1.54) is 0 Å². The van der Waals surface area contributed by atoms with Crippen molar-refractivity contribution in [3.8, 4) is 0 Å². The molecule has 0 amide bonds. The Morgan fingerprint density at radius 1 is 1.00 bits per heavy atom. The van der Waals surface area contributed by atoms with Crippen LogP contribution >= 0.6 is 15.9 Å². The Hall–Kier alpha value is -2.46. The van der Waals surface area contributed by atoms with E-state index in [1.807, 2.05) is 48.6 Å². The van der Waals surface area contributed by atoms with Crippen molar-refractivity contribution in [2.24, 2.45) is 0 Å². The molecule has 4 heteroatoms. The van der Waals surface area contributed by atoms with Crippen molar-refractivity contribution in [3.63, 3.8) is 0 Å². The first-order valence-electron chi connectivity index (χ1n) is 6.71. The third kappa shape index (κ3) is 2.92. The lowest BCUT2D eigenvalue weighted by atomic mass is 10.1. The van der Waals surface area contributed by atoms with Crippen molar-refractivity contribution in [2.75, 3.05) is 0 Å². The van der Waals surface area contributed by atoms with E-state index in [4.69, 9.17) is 0 Å². The zero-order valence-electron chi connectivity index (χ0n) is 11.5. The van der Waals surface area contributed by atoms with E-state index in [0.29, 0.717) is 10.9 Å². The minimum Gasteiger partial charge on any atom is -0.478 e. The van der Waals surface area contributed by atoms with Crippen molar-refractivity contribution in [2.45, 2.75) is 0 Å². The quantitative estimate of drug-likeness (QED) is 0.730. The van der Waals surface area contributed by atoms with Crippen LogP contribution in [0.4, 0.5) is 0 Å². The van der Waals surface area contributed by atoms with E-state index < -0.39 is 5.97 Å². The summed E-state index contributed by atoms with van der Waals surface area (Å²) in [4.78, 5) is 15.7. The van der Waals surface area contributed by atoms with Crippen molar-refractivity contribution >= 4 is 45.0 Å². The van der Waals surface area contributed by atoms with Crippen molar-refractivity contribution in [1.29, 1.82) is 0 Å². The molecule has 0 atom stereocenters. The number of carbonyl (C=O) groups is 1. The van der Waals surface area contributed by atoms with Crippen molar-refractivity contribution in [1.82, 2.24) is 4.98 Å². The molecule has 1 N–H and O–H groups in total.